The highest BCUT2D eigenvalue weighted by Crippen LogP contribution is 2.01. The molecule has 0 bridgehead atoms. The van der Waals surface area contributed by atoms with E-state index in [4.69, 9.17) is 11.5 Å². The van der Waals surface area contributed by atoms with Crippen LogP contribution in [0.3, 0.4) is 0 Å². The Morgan fingerprint density at radius 1 is 1.62 bits per heavy atom. The van der Waals surface area contributed by atoms with Gasteiger partial charge in [-0.25, -0.2) is 4.68 Å². The third kappa shape index (κ3) is 2.03. The molecule has 0 radical (unpaired) electrons. The largest absolute Gasteiger partial charge is 0.368 e. The van der Waals surface area contributed by atoms with Crippen molar-refractivity contribution in [3.8, 4) is 0 Å². The van der Waals surface area contributed by atoms with Crippen molar-refractivity contribution in [3.63, 3.8) is 0 Å². The maximum Gasteiger partial charge on any atom is 0.236 e. The summed E-state index contributed by atoms with van der Waals surface area (Å²) in [7, 11) is 0. The van der Waals surface area contributed by atoms with Crippen molar-refractivity contribution in [2.45, 2.75) is 26.4 Å². The van der Waals surface area contributed by atoms with Crippen LogP contribution in [0.4, 0.5) is 0 Å². The Hall–Kier alpha value is -1.43. The second kappa shape index (κ2) is 3.53. The molecule has 4 N–H and O–H groups in total. The van der Waals surface area contributed by atoms with Crippen LogP contribution in [0.2, 0.25) is 0 Å². The zero-order valence-electron chi connectivity index (χ0n) is 7.69. The molecule has 0 aliphatic rings. The summed E-state index contributed by atoms with van der Waals surface area (Å²) < 4.78 is 1.57. The highest BCUT2D eigenvalue weighted by atomic mass is 16.1. The first-order valence-electron chi connectivity index (χ1n) is 3.94. The van der Waals surface area contributed by atoms with Crippen LogP contribution >= 0.6 is 0 Å². The van der Waals surface area contributed by atoms with Gasteiger partial charge in [0, 0.05) is 0 Å². The quantitative estimate of drug-likeness (QED) is 0.608. The van der Waals surface area contributed by atoms with Gasteiger partial charge in [0.05, 0.1) is 17.9 Å². The molecule has 0 fully saturated rings. The first-order chi connectivity index (χ1) is 6.02. The normalized spacial score (nSPS) is 12.8. The summed E-state index contributed by atoms with van der Waals surface area (Å²) in [4.78, 5) is 10.7. The highest BCUT2D eigenvalue weighted by molar-refractivity contribution is 5.79. The SMILES string of the molecule is Cc1nnn(C[C@H](N)C(N)=O)c1C. The number of aryl methyl sites for hydroxylation is 1. The van der Waals surface area contributed by atoms with Gasteiger partial charge < -0.3 is 11.5 Å². The number of primary amides is 1. The third-order valence-corrected chi connectivity index (χ3v) is 1.95. The number of amides is 1. The van der Waals surface area contributed by atoms with Gasteiger partial charge in [0.25, 0.3) is 0 Å². The zero-order chi connectivity index (χ0) is 10.0. The van der Waals surface area contributed by atoms with Crippen LogP contribution in [0.15, 0.2) is 0 Å². The van der Waals surface area contributed by atoms with Crippen molar-refractivity contribution in [1.29, 1.82) is 0 Å². The van der Waals surface area contributed by atoms with Gasteiger partial charge in [-0.2, -0.15) is 0 Å². The molecule has 1 aromatic rings. The molecule has 6 heteroatoms. The van der Waals surface area contributed by atoms with E-state index in [1.807, 2.05) is 13.8 Å². The average molecular weight is 183 g/mol. The first kappa shape index (κ1) is 9.66. The summed E-state index contributed by atoms with van der Waals surface area (Å²) in [6, 6.07) is -0.709. The average Bonchev–Trinajstić information content (AvgIpc) is 2.36. The van der Waals surface area contributed by atoms with Crippen molar-refractivity contribution < 1.29 is 4.79 Å². The molecule has 0 aliphatic carbocycles. The number of rotatable bonds is 3. The van der Waals surface area contributed by atoms with Crippen LogP contribution < -0.4 is 11.5 Å². The Labute approximate surface area is 75.9 Å². The molecule has 1 atom stereocenters. The fraction of sp³-hybridized carbons (Fsp3) is 0.571. The Balaban J connectivity index is 2.74. The van der Waals surface area contributed by atoms with E-state index in [0.717, 1.165) is 11.4 Å². The van der Waals surface area contributed by atoms with E-state index in [1.54, 1.807) is 4.68 Å². The van der Waals surface area contributed by atoms with Crippen molar-refractivity contribution in [3.05, 3.63) is 11.4 Å². The topological polar surface area (TPSA) is 99.8 Å². The number of nitrogens with zero attached hydrogens (tertiary/aromatic N) is 3. The molecule has 0 aliphatic heterocycles. The van der Waals surface area contributed by atoms with Crippen LogP contribution in [-0.4, -0.2) is 26.9 Å². The number of hydrogen-bond donors (Lipinski definition) is 2. The molecule has 13 heavy (non-hydrogen) atoms. The molecule has 6 nitrogen and oxygen atoms in total. The van der Waals surface area contributed by atoms with Crippen molar-refractivity contribution >= 4 is 5.91 Å². The summed E-state index contributed by atoms with van der Waals surface area (Å²) in [6.07, 6.45) is 0. The molecule has 1 amide bonds. The molecule has 0 saturated heterocycles. The molecule has 0 unspecified atom stereocenters. The minimum absolute atomic E-state index is 0.280. The lowest BCUT2D eigenvalue weighted by atomic mass is 10.3. The van der Waals surface area contributed by atoms with Crippen molar-refractivity contribution in [2.75, 3.05) is 0 Å². The van der Waals surface area contributed by atoms with E-state index < -0.39 is 11.9 Å². The van der Waals surface area contributed by atoms with E-state index in [1.165, 1.54) is 0 Å². The lowest BCUT2D eigenvalue weighted by Crippen LogP contribution is -2.40. The van der Waals surface area contributed by atoms with E-state index in [0.29, 0.717) is 0 Å². The first-order valence-corrected chi connectivity index (χ1v) is 3.94. The molecule has 0 aromatic carbocycles. The van der Waals surface area contributed by atoms with E-state index in [9.17, 15) is 4.79 Å². The molecule has 1 rings (SSSR count). The lowest BCUT2D eigenvalue weighted by Gasteiger charge is -2.07. The number of nitrogens with two attached hydrogens (primary N) is 2. The Kier molecular flexibility index (Phi) is 2.62. The Morgan fingerprint density at radius 2 is 2.23 bits per heavy atom. The summed E-state index contributed by atoms with van der Waals surface area (Å²) in [5.41, 5.74) is 12.2. The Bertz CT molecular complexity index is 319. The smallest absolute Gasteiger partial charge is 0.236 e. The maximum absolute atomic E-state index is 10.7. The van der Waals surface area contributed by atoms with Crippen molar-refractivity contribution in [2.24, 2.45) is 11.5 Å². The van der Waals surface area contributed by atoms with Crippen LogP contribution in [0.5, 0.6) is 0 Å². The standard InChI is InChI=1S/C7H13N5O/c1-4-5(2)12(11-10-4)3-6(8)7(9)13/h6H,3,8H2,1-2H3,(H2,9,13)/t6-/m0/s1. The van der Waals surface area contributed by atoms with Crippen LogP contribution in [0.25, 0.3) is 0 Å². The molecule has 1 heterocycles. The van der Waals surface area contributed by atoms with Gasteiger partial charge in [-0.3, -0.25) is 4.79 Å². The minimum atomic E-state index is -0.709. The summed E-state index contributed by atoms with van der Waals surface area (Å²) >= 11 is 0. The van der Waals surface area contributed by atoms with Crippen LogP contribution in [-0.2, 0) is 11.3 Å². The van der Waals surface area contributed by atoms with Gasteiger partial charge in [0.1, 0.15) is 6.04 Å². The maximum atomic E-state index is 10.7. The Morgan fingerprint density at radius 3 is 2.62 bits per heavy atom. The van der Waals surface area contributed by atoms with Gasteiger partial charge in [-0.05, 0) is 13.8 Å². The molecular weight excluding hydrogens is 170 g/mol. The summed E-state index contributed by atoms with van der Waals surface area (Å²) in [5.74, 6) is -0.535. The van der Waals surface area contributed by atoms with Gasteiger partial charge in [0.2, 0.25) is 5.91 Å². The highest BCUT2D eigenvalue weighted by Gasteiger charge is 2.12. The fourth-order valence-electron chi connectivity index (χ4n) is 0.897. The van der Waals surface area contributed by atoms with E-state index in [2.05, 4.69) is 10.3 Å². The lowest BCUT2D eigenvalue weighted by molar-refractivity contribution is -0.119. The van der Waals surface area contributed by atoms with Gasteiger partial charge in [0.15, 0.2) is 0 Å². The predicted octanol–water partition coefficient (Wildman–Crippen LogP) is -1.29. The zero-order valence-corrected chi connectivity index (χ0v) is 7.69. The van der Waals surface area contributed by atoms with Crippen molar-refractivity contribution in [1.82, 2.24) is 15.0 Å². The van der Waals surface area contributed by atoms with Gasteiger partial charge in [-0.15, -0.1) is 5.10 Å². The number of hydrogen-bond acceptors (Lipinski definition) is 4. The number of aromatic nitrogens is 3. The second-order valence-electron chi connectivity index (χ2n) is 2.95. The monoisotopic (exact) mass is 183 g/mol. The molecular formula is C7H13N5O. The predicted molar refractivity (Wildman–Crippen MR) is 46.7 cm³/mol. The van der Waals surface area contributed by atoms with Gasteiger partial charge >= 0.3 is 0 Å². The van der Waals surface area contributed by atoms with E-state index in [-0.39, 0.29) is 6.54 Å². The van der Waals surface area contributed by atoms with E-state index >= 15 is 0 Å². The summed E-state index contributed by atoms with van der Waals surface area (Å²) in [6.45, 7) is 3.99. The summed E-state index contributed by atoms with van der Waals surface area (Å²) in [5, 5.41) is 7.65. The van der Waals surface area contributed by atoms with Gasteiger partial charge in [-0.1, -0.05) is 5.21 Å². The fourth-order valence-corrected chi connectivity index (χ4v) is 0.897. The molecule has 0 spiro atoms. The second-order valence-corrected chi connectivity index (χ2v) is 2.95. The number of carbonyl (C=O) groups excluding carboxylic acids is 1. The van der Waals surface area contributed by atoms with Crippen LogP contribution in [0.1, 0.15) is 11.4 Å². The van der Waals surface area contributed by atoms with Crippen LogP contribution in [0, 0.1) is 13.8 Å². The number of carbonyl (C=O) groups is 1. The molecule has 1 aromatic heterocycles. The third-order valence-electron chi connectivity index (χ3n) is 1.95. The minimum Gasteiger partial charge on any atom is -0.368 e. The molecule has 0 saturated carbocycles. The molecule has 72 valence electrons.